The molecule has 0 unspecified atom stereocenters. The normalized spacial score (nSPS) is 31.6. The fraction of sp³-hybridized carbons (Fsp3) is 0.475. The first-order chi connectivity index (χ1) is 25.2. The van der Waals surface area contributed by atoms with Crippen LogP contribution >= 0.6 is 0 Å². The molecule has 3 fully saturated rings. The average molecular weight is 783 g/mol. The van der Waals surface area contributed by atoms with Crippen LogP contribution in [-0.4, -0.2) is 74.9 Å². The van der Waals surface area contributed by atoms with Gasteiger partial charge >= 0.3 is 47.5 Å². The number of rotatable bonds is 8. The minimum absolute atomic E-state index is 0. The second kappa shape index (κ2) is 16.3. The van der Waals surface area contributed by atoms with Crippen molar-refractivity contribution in [3.05, 3.63) is 77.4 Å². The zero-order chi connectivity index (χ0) is 40.0. The van der Waals surface area contributed by atoms with Gasteiger partial charge in [0, 0.05) is 41.7 Å². The largest absolute Gasteiger partial charge is 1.00 e. The van der Waals surface area contributed by atoms with Gasteiger partial charge in [-0.25, -0.2) is 22.4 Å². The number of hydrogen-bond donors (Lipinski definition) is 3. The number of ketones is 2. The van der Waals surface area contributed by atoms with Crippen LogP contribution in [0.25, 0.3) is 11.1 Å². The molecule has 3 saturated carbocycles. The van der Waals surface area contributed by atoms with Crippen molar-refractivity contribution in [1.82, 2.24) is 0 Å². The van der Waals surface area contributed by atoms with Crippen molar-refractivity contribution in [2.24, 2.45) is 22.7 Å². The maximum Gasteiger partial charge on any atom is 1.00 e. The zero-order valence-electron chi connectivity index (χ0n) is 32.2. The summed E-state index contributed by atoms with van der Waals surface area (Å²) >= 11 is 0. The van der Waals surface area contributed by atoms with Crippen LogP contribution in [0.3, 0.4) is 0 Å². The van der Waals surface area contributed by atoms with E-state index < -0.39 is 99.7 Å². The molecule has 4 aliphatic rings. The molecule has 8 atom stereocenters. The smallest absolute Gasteiger partial charge is 1.00 e. The zero-order valence-corrected chi connectivity index (χ0v) is 33.2. The second-order valence-electron chi connectivity index (χ2n) is 14.8. The summed E-state index contributed by atoms with van der Waals surface area (Å²) in [5, 5.41) is 29.6. The van der Waals surface area contributed by atoms with Gasteiger partial charge in [0.05, 0.1) is 6.10 Å². The van der Waals surface area contributed by atoms with Crippen LogP contribution in [-0.2, 0) is 28.7 Å². The summed E-state index contributed by atoms with van der Waals surface area (Å²) in [7, 11) is 0. The van der Waals surface area contributed by atoms with E-state index in [-0.39, 0.29) is 85.4 Å². The number of benzene rings is 2. The van der Waals surface area contributed by atoms with Gasteiger partial charge in [-0.05, 0) is 92.5 Å². The topological polar surface area (TPSA) is 164 Å². The first kappa shape index (κ1) is 43.9. The van der Waals surface area contributed by atoms with Crippen LogP contribution in [0.1, 0.15) is 78.0 Å². The second-order valence-corrected chi connectivity index (χ2v) is 14.8. The molecule has 2 aromatic rings. The number of ether oxygens (including phenoxy) is 2. The molecular weight excluding hydrogens is 739 g/mol. The van der Waals surface area contributed by atoms with E-state index in [1.165, 1.54) is 31.2 Å². The molecule has 55 heavy (non-hydrogen) atoms. The van der Waals surface area contributed by atoms with Gasteiger partial charge in [-0.3, -0.25) is 19.2 Å². The number of aliphatic hydroxyl groups excluding tert-OH is 1. The molecule has 15 heteroatoms. The van der Waals surface area contributed by atoms with Crippen LogP contribution in [0.5, 0.6) is 5.75 Å². The first-order valence-corrected chi connectivity index (χ1v) is 17.6. The number of esters is 2. The van der Waals surface area contributed by atoms with Crippen molar-refractivity contribution in [2.75, 3.05) is 6.61 Å². The number of hydrogen-bond acceptors (Lipinski definition) is 9. The Labute approximate surface area is 338 Å². The van der Waals surface area contributed by atoms with Gasteiger partial charge in [-0.1, -0.05) is 26.0 Å². The number of carboxylic acid groups (broad SMARTS) is 1. The number of aromatic carboxylic acids is 1. The Hall–Kier alpha value is -3.85. The van der Waals surface area contributed by atoms with Gasteiger partial charge in [0.1, 0.15) is 29.1 Å². The summed E-state index contributed by atoms with van der Waals surface area (Å²) in [6.07, 6.45) is 0.783. The number of carbonyl (C=O) groups is 5. The maximum absolute atomic E-state index is 17.2. The van der Waals surface area contributed by atoms with Crippen LogP contribution in [0, 0.1) is 34.3 Å². The monoisotopic (exact) mass is 782 g/mol. The molecule has 0 heterocycles. The number of phenols is 1. The van der Waals surface area contributed by atoms with Gasteiger partial charge in [-0.15, -0.1) is 0 Å². The fourth-order valence-electron chi connectivity index (χ4n) is 9.21. The molecule has 0 saturated heterocycles. The van der Waals surface area contributed by atoms with Crippen molar-refractivity contribution < 1.29 is 97.3 Å². The quantitative estimate of drug-likeness (QED) is 0.205. The van der Waals surface area contributed by atoms with Crippen molar-refractivity contribution in [1.29, 1.82) is 0 Å². The molecule has 10 nitrogen and oxygen atoms in total. The van der Waals surface area contributed by atoms with E-state index in [0.717, 1.165) is 31.2 Å². The van der Waals surface area contributed by atoms with Gasteiger partial charge in [0.25, 0.3) is 0 Å². The maximum atomic E-state index is 17.2. The van der Waals surface area contributed by atoms with Gasteiger partial charge in [-0.2, -0.15) is 0 Å². The summed E-state index contributed by atoms with van der Waals surface area (Å²) in [5.74, 6) is -7.20. The molecule has 0 radical (unpaired) electrons. The van der Waals surface area contributed by atoms with E-state index in [1.807, 2.05) is 0 Å². The van der Waals surface area contributed by atoms with Crippen LogP contribution in [0.2, 0.25) is 0 Å². The average Bonchev–Trinajstić information content (AvgIpc) is 3.38. The molecule has 0 aliphatic heterocycles. The van der Waals surface area contributed by atoms with Crippen LogP contribution in [0.15, 0.2) is 60.2 Å². The van der Waals surface area contributed by atoms with Crippen molar-refractivity contribution in [2.45, 2.75) is 89.8 Å². The van der Waals surface area contributed by atoms with E-state index in [0.29, 0.717) is 12.5 Å². The summed E-state index contributed by atoms with van der Waals surface area (Å²) in [6, 6.07) is 6.64. The Morgan fingerprint density at radius 1 is 1.05 bits per heavy atom. The third-order valence-electron chi connectivity index (χ3n) is 11.8. The van der Waals surface area contributed by atoms with E-state index in [1.54, 1.807) is 13.8 Å². The predicted octanol–water partition coefficient (Wildman–Crippen LogP) is 3.67. The van der Waals surface area contributed by atoms with Crippen molar-refractivity contribution in [3.63, 3.8) is 0 Å². The molecule has 2 aromatic carbocycles. The Morgan fingerprint density at radius 3 is 2.36 bits per heavy atom. The number of carboxylic acids is 1. The Kier molecular flexibility index (Phi) is 13.0. The molecule has 0 bridgehead atoms. The Balaban J connectivity index is 0.000000355. The number of Topliss-reactive ketones (excluding diaryl/α,β-unsaturated/α-hetero) is 1. The standard InChI is InChI=1S/C27H34F2O7.C13H8F2O3.Na.H/c1-5-6-23(34)36-26(22(33)14-35-15(2)30)10-8-17-18-12-20(28)19-11-16(31)7-9-24(19,3)27(18,29)21(32)13-25(17,26)4;14-8-2-3-9(11(15)6-8)7-1-4-12(16)10(5-7)13(17)18;;/h7,9,11,17-18,20-21,32H,5-6,8,10,12-14H2,1-4H3;1-6,16H,(H,17,18);;/q;;+1;-1/t17-,18-,20-,21-,24-,25-,26-,27-;;;/m0.../s1. The summed E-state index contributed by atoms with van der Waals surface area (Å²) < 4.78 is 69.9. The molecular formula is C40H43F4NaO10. The van der Waals surface area contributed by atoms with Gasteiger partial charge in [0.2, 0.25) is 5.78 Å². The molecule has 6 rings (SSSR count). The summed E-state index contributed by atoms with van der Waals surface area (Å²) in [6.45, 7) is 5.50. The number of aromatic hydroxyl groups is 1. The molecule has 3 N–H and O–H groups in total. The number of aliphatic hydroxyl groups is 1. The minimum atomic E-state index is -2.30. The fourth-order valence-corrected chi connectivity index (χ4v) is 9.21. The minimum Gasteiger partial charge on any atom is -1.00 e. The third kappa shape index (κ3) is 7.54. The number of halogens is 4. The van der Waals surface area contributed by atoms with Crippen LogP contribution in [0.4, 0.5) is 17.6 Å². The third-order valence-corrected chi connectivity index (χ3v) is 11.8. The molecule has 4 aliphatic carbocycles. The number of allylic oxidation sites excluding steroid dienone is 4. The summed E-state index contributed by atoms with van der Waals surface area (Å²) in [4.78, 5) is 60.5. The van der Waals surface area contributed by atoms with E-state index in [4.69, 9.17) is 14.6 Å². The number of alkyl halides is 2. The molecule has 0 spiro atoms. The van der Waals surface area contributed by atoms with Crippen LogP contribution < -0.4 is 29.6 Å². The number of carbonyl (C=O) groups excluding carboxylic acids is 4. The van der Waals surface area contributed by atoms with E-state index in [9.17, 15) is 43.0 Å². The summed E-state index contributed by atoms with van der Waals surface area (Å²) in [5.41, 5.74) is -6.82. The first-order valence-electron chi connectivity index (χ1n) is 17.6. The molecule has 0 aromatic heterocycles. The SMILES string of the molecule is CCCC(=O)O[C@]1(C(=O)COC(C)=O)CC[C@H]2[C@@H]3C[C@H](F)C4=CC(=O)C=C[C@]4(C)[C@@]3(F)[C@@H](O)C[C@@]21C.O=C(O)c1cc(-c2ccc(F)cc2F)ccc1O.[H-].[Na+]. The van der Waals surface area contributed by atoms with Crippen molar-refractivity contribution >= 4 is 29.5 Å². The van der Waals surface area contributed by atoms with Crippen molar-refractivity contribution in [3.8, 4) is 16.9 Å². The Bertz CT molecular complexity index is 1960. The molecule has 292 valence electrons. The number of fused-ring (bicyclic) bond motifs is 5. The van der Waals surface area contributed by atoms with E-state index in [2.05, 4.69) is 0 Å². The van der Waals surface area contributed by atoms with E-state index >= 15 is 8.78 Å². The van der Waals surface area contributed by atoms with Gasteiger partial charge in [0.15, 0.2) is 23.7 Å². The van der Waals surface area contributed by atoms with Gasteiger partial charge < -0.3 is 26.2 Å². The molecule has 0 amide bonds. The predicted molar refractivity (Wildman–Crippen MR) is 186 cm³/mol. The Morgan fingerprint density at radius 2 is 1.75 bits per heavy atom.